The molecule has 2 saturated carbocycles. The summed E-state index contributed by atoms with van der Waals surface area (Å²) >= 11 is 0. The molecule has 2 unspecified atom stereocenters. The van der Waals surface area contributed by atoms with Crippen molar-refractivity contribution < 1.29 is 19.1 Å². The highest BCUT2D eigenvalue weighted by Crippen LogP contribution is 2.66. The molecule has 1 amide bonds. The van der Waals surface area contributed by atoms with Crippen molar-refractivity contribution in [1.82, 2.24) is 14.4 Å². The van der Waals surface area contributed by atoms with E-state index in [4.69, 9.17) is 9.47 Å². The second-order valence-corrected chi connectivity index (χ2v) is 15.6. The molecule has 7 heteroatoms. The SMILES string of the molecule is COc1ccc2c(c1)[C@@H]1C[C@]1(C(=O)N1CC3CCC1CN3C)Cn1c-2c(C2CCCCC2)c2ccc(C(=O)OC(C)(C)C)cc21. The lowest BCUT2D eigenvalue weighted by Crippen LogP contribution is -2.64. The molecule has 0 spiro atoms. The molecular weight excluding hydrogens is 562 g/mol. The average molecular weight is 610 g/mol. The van der Waals surface area contributed by atoms with Crippen molar-refractivity contribution in [3.8, 4) is 17.0 Å². The number of amides is 1. The fourth-order valence-corrected chi connectivity index (χ4v) is 9.32. The summed E-state index contributed by atoms with van der Waals surface area (Å²) < 4.78 is 14.0. The predicted molar refractivity (Wildman–Crippen MR) is 176 cm³/mol. The zero-order chi connectivity index (χ0) is 31.2. The fourth-order valence-electron chi connectivity index (χ4n) is 9.32. The van der Waals surface area contributed by atoms with Crippen molar-refractivity contribution in [1.29, 1.82) is 0 Å². The van der Waals surface area contributed by atoms with Crippen LogP contribution in [0.2, 0.25) is 0 Å². The van der Waals surface area contributed by atoms with Gasteiger partial charge in [0.1, 0.15) is 11.4 Å². The van der Waals surface area contributed by atoms with Gasteiger partial charge in [-0.2, -0.15) is 0 Å². The molecule has 4 atom stereocenters. The third-order valence-electron chi connectivity index (χ3n) is 11.6. The van der Waals surface area contributed by atoms with E-state index in [-0.39, 0.29) is 17.9 Å². The Bertz CT molecular complexity index is 1690. The number of piperidine rings is 2. The molecule has 0 radical (unpaired) electrons. The first-order valence-electron chi connectivity index (χ1n) is 17.2. The summed E-state index contributed by atoms with van der Waals surface area (Å²) in [6.45, 7) is 8.15. The molecule has 0 N–H and O–H groups in total. The van der Waals surface area contributed by atoms with Crippen LogP contribution in [0, 0.1) is 5.41 Å². The van der Waals surface area contributed by atoms with Gasteiger partial charge in [-0.1, -0.05) is 25.3 Å². The molecule has 238 valence electrons. The van der Waals surface area contributed by atoms with Crippen LogP contribution in [-0.2, 0) is 16.1 Å². The van der Waals surface area contributed by atoms with Crippen LogP contribution in [0.4, 0.5) is 0 Å². The number of ether oxygens (including phenoxy) is 2. The first kappa shape index (κ1) is 29.1. The van der Waals surface area contributed by atoms with Gasteiger partial charge < -0.3 is 18.9 Å². The van der Waals surface area contributed by atoms with Crippen molar-refractivity contribution in [3.05, 3.63) is 53.1 Å². The molecule has 3 saturated heterocycles. The van der Waals surface area contributed by atoms with E-state index >= 15 is 0 Å². The van der Waals surface area contributed by atoms with E-state index in [2.05, 4.69) is 45.7 Å². The Morgan fingerprint density at radius 2 is 1.71 bits per heavy atom. The van der Waals surface area contributed by atoms with Crippen LogP contribution in [0.25, 0.3) is 22.2 Å². The summed E-state index contributed by atoms with van der Waals surface area (Å²) in [6.07, 6.45) is 9.21. The molecular formula is C38H47N3O4. The van der Waals surface area contributed by atoms with E-state index in [0.717, 1.165) is 37.2 Å². The number of fused-ring (bicyclic) bond motifs is 10. The van der Waals surface area contributed by atoms with Crippen LogP contribution in [0.3, 0.4) is 0 Å². The van der Waals surface area contributed by atoms with E-state index in [1.165, 1.54) is 66.3 Å². The molecule has 7 nitrogen and oxygen atoms in total. The number of likely N-dealkylation sites (N-methyl/N-ethyl adjacent to an activating group) is 1. The van der Waals surface area contributed by atoms with Gasteiger partial charge in [-0.3, -0.25) is 9.69 Å². The van der Waals surface area contributed by atoms with Gasteiger partial charge in [0.05, 0.1) is 23.8 Å². The zero-order valence-corrected chi connectivity index (χ0v) is 27.5. The van der Waals surface area contributed by atoms with Crippen molar-refractivity contribution >= 4 is 22.8 Å². The summed E-state index contributed by atoms with van der Waals surface area (Å²) in [7, 11) is 3.94. The maximum absolute atomic E-state index is 14.9. The third-order valence-corrected chi connectivity index (χ3v) is 11.6. The van der Waals surface area contributed by atoms with Crippen LogP contribution < -0.4 is 4.74 Å². The fraction of sp³-hybridized carbons (Fsp3) is 0.579. The van der Waals surface area contributed by atoms with E-state index in [1.807, 2.05) is 32.9 Å². The van der Waals surface area contributed by atoms with Crippen molar-refractivity contribution in [3.63, 3.8) is 0 Å². The van der Waals surface area contributed by atoms with Gasteiger partial charge in [0.25, 0.3) is 0 Å². The highest BCUT2D eigenvalue weighted by atomic mass is 16.6. The lowest BCUT2D eigenvalue weighted by molar-refractivity contribution is -0.147. The van der Waals surface area contributed by atoms with Gasteiger partial charge in [-0.05, 0) is 107 Å². The molecule has 45 heavy (non-hydrogen) atoms. The lowest BCUT2D eigenvalue weighted by Gasteiger charge is -2.51. The summed E-state index contributed by atoms with van der Waals surface area (Å²) in [6, 6.07) is 13.4. The smallest absolute Gasteiger partial charge is 0.338 e. The Balaban J connectivity index is 1.32. The average Bonchev–Trinajstić information content (AvgIpc) is 3.70. The summed E-state index contributed by atoms with van der Waals surface area (Å²) in [4.78, 5) is 33.0. The van der Waals surface area contributed by atoms with E-state index in [0.29, 0.717) is 30.0 Å². The largest absolute Gasteiger partial charge is 0.497 e. The number of carbonyl (C=O) groups excluding carboxylic acids is 2. The number of hydrogen-bond donors (Lipinski definition) is 0. The summed E-state index contributed by atoms with van der Waals surface area (Å²) in [5.74, 6) is 1.46. The molecule has 5 heterocycles. The molecule has 1 aromatic heterocycles. The highest BCUT2D eigenvalue weighted by molar-refractivity contribution is 6.00. The first-order valence-corrected chi connectivity index (χ1v) is 17.2. The highest BCUT2D eigenvalue weighted by Gasteiger charge is 2.65. The molecule has 2 aromatic carbocycles. The number of benzene rings is 2. The monoisotopic (exact) mass is 609 g/mol. The van der Waals surface area contributed by atoms with E-state index < -0.39 is 11.0 Å². The first-order chi connectivity index (χ1) is 21.6. The van der Waals surface area contributed by atoms with Crippen LogP contribution in [0.1, 0.15) is 105 Å². The van der Waals surface area contributed by atoms with Crippen LogP contribution >= 0.6 is 0 Å². The number of carbonyl (C=O) groups is 2. The van der Waals surface area contributed by atoms with E-state index in [1.54, 1.807) is 7.11 Å². The molecule has 2 bridgehead atoms. The number of piperazine rings is 1. The van der Waals surface area contributed by atoms with Crippen molar-refractivity contribution in [2.24, 2.45) is 5.41 Å². The Morgan fingerprint density at radius 3 is 2.40 bits per heavy atom. The van der Waals surface area contributed by atoms with Gasteiger partial charge in [0.2, 0.25) is 5.91 Å². The standard InChI is InChI=1S/C38H47N3O4/c1-37(2,3)45-35(42)24-11-15-29-32(17-24)41-22-38(36(43)40-21-25-12-13-26(40)20-39(25)4)19-31(38)30-18-27(44-5)14-16-28(30)34(41)33(29)23-9-7-6-8-10-23/h11,14-18,23,25-26,31H,6-10,12-13,19-22H2,1-5H3/t25?,26?,31-,38-/m0/s1. The van der Waals surface area contributed by atoms with Crippen molar-refractivity contribution in [2.45, 2.75) is 108 Å². The molecule has 9 rings (SSSR count). The minimum absolute atomic E-state index is 0.150. The Morgan fingerprint density at radius 1 is 0.933 bits per heavy atom. The van der Waals surface area contributed by atoms with E-state index in [9.17, 15) is 9.59 Å². The lowest BCUT2D eigenvalue weighted by atomic mass is 9.81. The molecule has 5 fully saturated rings. The normalized spacial score (nSPS) is 27.8. The third kappa shape index (κ3) is 4.63. The van der Waals surface area contributed by atoms with Crippen LogP contribution in [0.15, 0.2) is 36.4 Å². The van der Waals surface area contributed by atoms with Gasteiger partial charge >= 0.3 is 5.97 Å². The number of rotatable bonds is 4. The number of hydrogen-bond acceptors (Lipinski definition) is 5. The molecule has 2 aliphatic carbocycles. The predicted octanol–water partition coefficient (Wildman–Crippen LogP) is 7.11. The van der Waals surface area contributed by atoms with Crippen molar-refractivity contribution in [2.75, 3.05) is 27.2 Å². The second kappa shape index (κ2) is 10.3. The second-order valence-electron chi connectivity index (χ2n) is 15.6. The Hall–Kier alpha value is -3.32. The van der Waals surface area contributed by atoms with Gasteiger partial charge in [-0.15, -0.1) is 0 Å². The number of aromatic nitrogens is 1. The Kier molecular flexibility index (Phi) is 6.69. The summed E-state index contributed by atoms with van der Waals surface area (Å²) in [5.41, 5.74) is 5.65. The zero-order valence-electron chi connectivity index (χ0n) is 27.5. The maximum Gasteiger partial charge on any atom is 0.338 e. The minimum atomic E-state index is -0.576. The Labute approximate surface area is 266 Å². The number of methoxy groups -OCH3 is 1. The molecule has 6 aliphatic rings. The topological polar surface area (TPSA) is 64.0 Å². The van der Waals surface area contributed by atoms with Crippen LogP contribution in [-0.4, -0.2) is 71.2 Å². The number of esters is 1. The minimum Gasteiger partial charge on any atom is -0.497 e. The van der Waals surface area contributed by atoms with Gasteiger partial charge in [0, 0.05) is 54.1 Å². The summed E-state index contributed by atoms with van der Waals surface area (Å²) in [5, 5.41) is 1.21. The molecule has 4 aliphatic heterocycles. The maximum atomic E-state index is 14.9. The van der Waals surface area contributed by atoms with Gasteiger partial charge in [-0.25, -0.2) is 4.79 Å². The van der Waals surface area contributed by atoms with Crippen LogP contribution in [0.5, 0.6) is 5.75 Å². The molecule has 3 aromatic rings. The quantitative estimate of drug-likeness (QED) is 0.295. The van der Waals surface area contributed by atoms with Gasteiger partial charge in [0.15, 0.2) is 0 Å². The number of nitrogens with zero attached hydrogens (tertiary/aromatic N) is 3.